The molecule has 0 bridgehead atoms. The van der Waals surface area contributed by atoms with Gasteiger partial charge in [-0.3, -0.25) is 4.79 Å². The number of nitrogens with one attached hydrogen (secondary N) is 1. The van der Waals surface area contributed by atoms with Gasteiger partial charge in [0.2, 0.25) is 5.91 Å². The minimum atomic E-state index is -4.58. The average molecular weight is 537 g/mol. The van der Waals surface area contributed by atoms with E-state index < -0.39 is 22.9 Å². The van der Waals surface area contributed by atoms with E-state index >= 15 is 0 Å². The van der Waals surface area contributed by atoms with Crippen LogP contribution in [0.15, 0.2) is 78.0 Å². The third-order valence-electron chi connectivity index (χ3n) is 5.05. The lowest BCUT2D eigenvalue weighted by Gasteiger charge is -2.18. The molecule has 1 heterocycles. The molecule has 35 heavy (non-hydrogen) atoms. The summed E-state index contributed by atoms with van der Waals surface area (Å²) >= 11 is 13.2. The van der Waals surface area contributed by atoms with Gasteiger partial charge in [-0.05, 0) is 48.0 Å². The van der Waals surface area contributed by atoms with Gasteiger partial charge >= 0.3 is 6.18 Å². The van der Waals surface area contributed by atoms with Gasteiger partial charge in [-0.15, -0.1) is 10.2 Å². The van der Waals surface area contributed by atoms with Crippen LogP contribution in [0.25, 0.3) is 11.4 Å². The minimum absolute atomic E-state index is 0.00755. The number of nitrogens with zero attached hydrogens (tertiary/aromatic N) is 3. The Balaban J connectivity index is 1.65. The first-order valence-corrected chi connectivity index (χ1v) is 11.8. The third-order valence-corrected chi connectivity index (χ3v) is 6.92. The highest BCUT2D eigenvalue weighted by atomic mass is 35.5. The van der Waals surface area contributed by atoms with Crippen LogP contribution in [0.2, 0.25) is 10.0 Å². The number of halogens is 5. The number of carbonyl (C=O) groups is 1. The largest absolute Gasteiger partial charge is 0.416 e. The van der Waals surface area contributed by atoms with Crippen LogP contribution in [0.1, 0.15) is 16.4 Å². The number of aromatic nitrogens is 3. The molecule has 4 rings (SSSR count). The molecule has 3 aromatic carbocycles. The van der Waals surface area contributed by atoms with Gasteiger partial charge in [-0.1, -0.05) is 65.3 Å². The molecule has 180 valence electrons. The lowest BCUT2D eigenvalue weighted by Crippen LogP contribution is -2.20. The predicted octanol–water partition coefficient (Wildman–Crippen LogP) is 7.28. The molecular formula is C24H17Cl2F3N4OS. The quantitative estimate of drug-likeness (QED) is 0.263. The van der Waals surface area contributed by atoms with Crippen LogP contribution in [-0.4, -0.2) is 20.7 Å². The zero-order valence-electron chi connectivity index (χ0n) is 18.1. The fourth-order valence-electron chi connectivity index (χ4n) is 3.27. The van der Waals surface area contributed by atoms with Crippen molar-refractivity contribution < 1.29 is 18.0 Å². The molecule has 1 amide bonds. The van der Waals surface area contributed by atoms with Gasteiger partial charge in [-0.2, -0.15) is 13.2 Å². The molecule has 11 heteroatoms. The molecule has 0 aliphatic carbocycles. The summed E-state index contributed by atoms with van der Waals surface area (Å²) in [5, 5.41) is 11.2. The number of anilines is 1. The van der Waals surface area contributed by atoms with Crippen molar-refractivity contribution in [2.24, 2.45) is 7.05 Å². The lowest BCUT2D eigenvalue weighted by molar-refractivity contribution is -0.137. The van der Waals surface area contributed by atoms with Gasteiger partial charge in [0, 0.05) is 17.6 Å². The number of hydrogen-bond donors (Lipinski definition) is 1. The summed E-state index contributed by atoms with van der Waals surface area (Å²) in [7, 11) is 1.76. The Morgan fingerprint density at radius 2 is 1.69 bits per heavy atom. The van der Waals surface area contributed by atoms with Crippen LogP contribution < -0.4 is 5.32 Å². The maximum atomic E-state index is 13.3. The van der Waals surface area contributed by atoms with Crippen molar-refractivity contribution in [3.05, 3.63) is 94.0 Å². The number of benzene rings is 3. The standard InChI is InChI=1S/C24H17Cl2F3N4OS/c1-33-21(15-7-10-17(25)11-8-15)31-32-23(33)35-20(14-5-3-2-4-6-14)22(34)30-19-13-16(24(27,28)29)9-12-18(19)26/h2-13,20H,1H3,(H,30,34). The predicted molar refractivity (Wildman–Crippen MR) is 132 cm³/mol. The van der Waals surface area contributed by atoms with E-state index in [1.165, 1.54) is 0 Å². The second-order valence-electron chi connectivity index (χ2n) is 7.46. The number of alkyl halides is 3. The van der Waals surface area contributed by atoms with Crippen molar-refractivity contribution in [1.82, 2.24) is 14.8 Å². The van der Waals surface area contributed by atoms with Crippen LogP contribution in [0.4, 0.5) is 18.9 Å². The van der Waals surface area contributed by atoms with Crippen LogP contribution in [0.3, 0.4) is 0 Å². The first-order chi connectivity index (χ1) is 16.6. The molecule has 5 nitrogen and oxygen atoms in total. The van der Waals surface area contributed by atoms with Gasteiger partial charge in [0.1, 0.15) is 5.25 Å². The van der Waals surface area contributed by atoms with Crippen LogP contribution in [0.5, 0.6) is 0 Å². The van der Waals surface area contributed by atoms with E-state index in [2.05, 4.69) is 15.5 Å². The Morgan fingerprint density at radius 3 is 2.34 bits per heavy atom. The zero-order chi connectivity index (χ0) is 25.2. The maximum absolute atomic E-state index is 13.3. The van der Waals surface area contributed by atoms with Gasteiger partial charge in [-0.25, -0.2) is 0 Å². The number of hydrogen-bond acceptors (Lipinski definition) is 4. The average Bonchev–Trinajstić information content (AvgIpc) is 3.19. The molecular weight excluding hydrogens is 520 g/mol. The number of amides is 1. The fraction of sp³-hybridized carbons (Fsp3) is 0.125. The van der Waals surface area contributed by atoms with Crippen molar-refractivity contribution in [2.45, 2.75) is 16.6 Å². The van der Waals surface area contributed by atoms with Gasteiger partial charge < -0.3 is 9.88 Å². The number of rotatable bonds is 6. The number of carbonyl (C=O) groups excluding carboxylic acids is 1. The highest BCUT2D eigenvalue weighted by Crippen LogP contribution is 2.38. The Hall–Kier alpha value is -3.01. The molecule has 0 aliphatic heterocycles. The molecule has 1 atom stereocenters. The van der Waals surface area contributed by atoms with Crippen LogP contribution in [0, 0.1) is 0 Å². The Morgan fingerprint density at radius 1 is 1.00 bits per heavy atom. The highest BCUT2D eigenvalue weighted by molar-refractivity contribution is 8.00. The molecule has 0 radical (unpaired) electrons. The lowest BCUT2D eigenvalue weighted by atomic mass is 10.1. The summed E-state index contributed by atoms with van der Waals surface area (Å²) in [5.74, 6) is 0.00998. The first kappa shape index (κ1) is 25.1. The minimum Gasteiger partial charge on any atom is -0.323 e. The molecule has 4 aromatic rings. The molecule has 0 spiro atoms. The second kappa shape index (κ2) is 10.3. The Labute approximate surface area is 213 Å². The van der Waals surface area contributed by atoms with Crippen molar-refractivity contribution in [2.75, 3.05) is 5.32 Å². The molecule has 1 N–H and O–H groups in total. The Bertz CT molecular complexity index is 1350. The molecule has 1 aromatic heterocycles. The zero-order valence-corrected chi connectivity index (χ0v) is 20.4. The topological polar surface area (TPSA) is 59.8 Å². The van der Waals surface area contributed by atoms with E-state index in [-0.39, 0.29) is 10.7 Å². The van der Waals surface area contributed by atoms with Gasteiger partial charge in [0.15, 0.2) is 11.0 Å². The summed E-state index contributed by atoms with van der Waals surface area (Å²) in [5.41, 5.74) is 0.372. The maximum Gasteiger partial charge on any atom is 0.416 e. The van der Waals surface area contributed by atoms with Crippen molar-refractivity contribution in [3.8, 4) is 11.4 Å². The van der Waals surface area contributed by atoms with Crippen molar-refractivity contribution in [3.63, 3.8) is 0 Å². The van der Waals surface area contributed by atoms with E-state index in [9.17, 15) is 18.0 Å². The monoisotopic (exact) mass is 536 g/mol. The number of thioether (sulfide) groups is 1. The summed E-state index contributed by atoms with van der Waals surface area (Å²) in [6, 6.07) is 18.7. The van der Waals surface area contributed by atoms with Crippen LogP contribution >= 0.6 is 35.0 Å². The van der Waals surface area contributed by atoms with Gasteiger partial charge in [0.05, 0.1) is 16.3 Å². The molecule has 0 saturated carbocycles. The SMILES string of the molecule is Cn1c(SC(C(=O)Nc2cc(C(F)(F)F)ccc2Cl)c2ccccc2)nnc1-c1ccc(Cl)cc1. The van der Waals surface area contributed by atoms with Gasteiger partial charge in [0.25, 0.3) is 0 Å². The van der Waals surface area contributed by atoms with Crippen molar-refractivity contribution >= 4 is 46.6 Å². The fourth-order valence-corrected chi connectivity index (χ4v) is 4.56. The molecule has 1 unspecified atom stereocenters. The first-order valence-electron chi connectivity index (χ1n) is 10.2. The van der Waals surface area contributed by atoms with Crippen molar-refractivity contribution in [1.29, 1.82) is 0 Å². The normalized spacial score (nSPS) is 12.4. The summed E-state index contributed by atoms with van der Waals surface area (Å²) in [6.45, 7) is 0. The van der Waals surface area contributed by atoms with E-state index in [4.69, 9.17) is 23.2 Å². The highest BCUT2D eigenvalue weighted by Gasteiger charge is 2.32. The van der Waals surface area contributed by atoms with E-state index in [0.717, 1.165) is 35.5 Å². The molecule has 0 saturated heterocycles. The summed E-state index contributed by atoms with van der Waals surface area (Å²) < 4.78 is 41.2. The van der Waals surface area contributed by atoms with Crippen LogP contribution in [-0.2, 0) is 18.0 Å². The molecule has 0 fully saturated rings. The van der Waals surface area contributed by atoms with E-state index in [1.807, 2.05) is 0 Å². The third kappa shape index (κ3) is 5.80. The molecule has 0 aliphatic rings. The summed E-state index contributed by atoms with van der Waals surface area (Å²) in [6.07, 6.45) is -4.58. The Kier molecular flexibility index (Phi) is 7.39. The van der Waals surface area contributed by atoms with E-state index in [0.29, 0.717) is 21.6 Å². The smallest absolute Gasteiger partial charge is 0.323 e. The second-order valence-corrected chi connectivity index (χ2v) is 9.38. The van der Waals surface area contributed by atoms with E-state index in [1.54, 1.807) is 66.2 Å². The summed E-state index contributed by atoms with van der Waals surface area (Å²) in [4.78, 5) is 13.3.